The van der Waals surface area contributed by atoms with Crippen LogP contribution in [0.5, 0.6) is 0 Å². The molecule has 2 amide bonds. The van der Waals surface area contributed by atoms with Gasteiger partial charge in [-0.1, -0.05) is 30.3 Å². The SMILES string of the molecule is O=C1CN([C@@H](C(=O)NC2CC2)c2ccccc2)CCN1. The van der Waals surface area contributed by atoms with Gasteiger partial charge < -0.3 is 10.6 Å². The topological polar surface area (TPSA) is 61.4 Å². The molecule has 106 valence electrons. The number of hydrogen-bond acceptors (Lipinski definition) is 3. The van der Waals surface area contributed by atoms with Crippen molar-refractivity contribution >= 4 is 11.8 Å². The Balaban J connectivity index is 1.81. The molecule has 3 rings (SSSR count). The monoisotopic (exact) mass is 273 g/mol. The minimum atomic E-state index is -0.372. The lowest BCUT2D eigenvalue weighted by Gasteiger charge is -2.33. The van der Waals surface area contributed by atoms with Crippen molar-refractivity contribution in [2.24, 2.45) is 0 Å². The second-order valence-corrected chi connectivity index (χ2v) is 5.42. The Morgan fingerprint density at radius 3 is 2.70 bits per heavy atom. The van der Waals surface area contributed by atoms with Gasteiger partial charge in [0.1, 0.15) is 6.04 Å². The molecule has 0 radical (unpaired) electrons. The molecule has 1 heterocycles. The van der Waals surface area contributed by atoms with Crippen LogP contribution in [0.1, 0.15) is 24.4 Å². The van der Waals surface area contributed by atoms with Crippen LogP contribution in [0.15, 0.2) is 30.3 Å². The van der Waals surface area contributed by atoms with Gasteiger partial charge in [-0.3, -0.25) is 14.5 Å². The highest BCUT2D eigenvalue weighted by atomic mass is 16.2. The number of benzene rings is 1. The number of hydrogen-bond donors (Lipinski definition) is 2. The summed E-state index contributed by atoms with van der Waals surface area (Å²) in [6.45, 7) is 1.57. The van der Waals surface area contributed by atoms with Crippen LogP contribution in [-0.2, 0) is 9.59 Å². The van der Waals surface area contributed by atoms with Crippen molar-refractivity contribution in [3.8, 4) is 0 Å². The summed E-state index contributed by atoms with van der Waals surface area (Å²) < 4.78 is 0. The molecule has 5 heteroatoms. The van der Waals surface area contributed by atoms with E-state index in [2.05, 4.69) is 10.6 Å². The number of carbonyl (C=O) groups is 2. The van der Waals surface area contributed by atoms with Crippen molar-refractivity contribution in [3.63, 3.8) is 0 Å². The summed E-state index contributed by atoms with van der Waals surface area (Å²) in [5, 5.41) is 5.85. The molecule has 1 saturated heterocycles. The van der Waals surface area contributed by atoms with Gasteiger partial charge in [0.15, 0.2) is 0 Å². The highest BCUT2D eigenvalue weighted by Gasteiger charge is 2.33. The summed E-state index contributed by atoms with van der Waals surface area (Å²) >= 11 is 0. The Hall–Kier alpha value is -1.88. The number of rotatable bonds is 4. The molecule has 1 aromatic carbocycles. The first-order valence-electron chi connectivity index (χ1n) is 7.10. The third-order valence-corrected chi connectivity index (χ3v) is 3.72. The van der Waals surface area contributed by atoms with Gasteiger partial charge in [-0.2, -0.15) is 0 Å². The summed E-state index contributed by atoms with van der Waals surface area (Å²) in [6, 6.07) is 9.64. The van der Waals surface area contributed by atoms with Gasteiger partial charge in [-0.15, -0.1) is 0 Å². The molecule has 2 N–H and O–H groups in total. The number of piperazine rings is 1. The fraction of sp³-hybridized carbons (Fsp3) is 0.467. The van der Waals surface area contributed by atoms with Crippen LogP contribution in [-0.4, -0.2) is 42.4 Å². The maximum absolute atomic E-state index is 12.5. The summed E-state index contributed by atoms with van der Waals surface area (Å²) in [7, 11) is 0. The molecular formula is C15H19N3O2. The van der Waals surface area contributed by atoms with Crippen LogP contribution in [0.3, 0.4) is 0 Å². The van der Waals surface area contributed by atoms with Crippen molar-refractivity contribution in [2.75, 3.05) is 19.6 Å². The molecule has 1 aliphatic heterocycles. The lowest BCUT2D eigenvalue weighted by atomic mass is 10.0. The molecule has 0 bridgehead atoms. The molecule has 0 unspecified atom stereocenters. The molecule has 2 fully saturated rings. The third kappa shape index (κ3) is 2.99. The minimum absolute atomic E-state index is 0.00778. The van der Waals surface area contributed by atoms with Crippen molar-refractivity contribution in [2.45, 2.75) is 24.9 Å². The van der Waals surface area contributed by atoms with Crippen LogP contribution in [0.4, 0.5) is 0 Å². The molecule has 1 atom stereocenters. The normalized spacial score (nSPS) is 21.1. The van der Waals surface area contributed by atoms with Gasteiger partial charge in [0.05, 0.1) is 6.54 Å². The van der Waals surface area contributed by atoms with E-state index in [4.69, 9.17) is 0 Å². The van der Waals surface area contributed by atoms with Crippen LogP contribution >= 0.6 is 0 Å². The molecule has 0 spiro atoms. The first kappa shape index (κ1) is 13.1. The third-order valence-electron chi connectivity index (χ3n) is 3.72. The van der Waals surface area contributed by atoms with E-state index in [0.29, 0.717) is 19.1 Å². The van der Waals surface area contributed by atoms with Gasteiger partial charge in [-0.25, -0.2) is 0 Å². The molecule has 20 heavy (non-hydrogen) atoms. The highest BCUT2D eigenvalue weighted by Crippen LogP contribution is 2.25. The summed E-state index contributed by atoms with van der Waals surface area (Å²) in [5.41, 5.74) is 0.945. The molecule has 2 aliphatic rings. The predicted molar refractivity (Wildman–Crippen MR) is 74.9 cm³/mol. The van der Waals surface area contributed by atoms with Crippen LogP contribution in [0, 0.1) is 0 Å². The lowest BCUT2D eigenvalue weighted by Crippen LogP contribution is -2.52. The van der Waals surface area contributed by atoms with E-state index in [1.165, 1.54) is 0 Å². The predicted octanol–water partition coefficient (Wildman–Crippen LogP) is 0.438. The zero-order chi connectivity index (χ0) is 13.9. The van der Waals surface area contributed by atoms with E-state index >= 15 is 0 Å². The minimum Gasteiger partial charge on any atom is -0.354 e. The Bertz CT molecular complexity index is 499. The van der Waals surface area contributed by atoms with E-state index in [9.17, 15) is 9.59 Å². The van der Waals surface area contributed by atoms with Gasteiger partial charge in [0.25, 0.3) is 0 Å². The molecule has 5 nitrogen and oxygen atoms in total. The van der Waals surface area contributed by atoms with E-state index in [-0.39, 0.29) is 24.4 Å². The van der Waals surface area contributed by atoms with Crippen molar-refractivity contribution in [1.29, 1.82) is 0 Å². The summed E-state index contributed by atoms with van der Waals surface area (Å²) in [5.74, 6) is -0.00944. The second kappa shape index (κ2) is 5.63. The summed E-state index contributed by atoms with van der Waals surface area (Å²) in [4.78, 5) is 26.0. The maximum Gasteiger partial charge on any atom is 0.242 e. The lowest BCUT2D eigenvalue weighted by molar-refractivity contribution is -0.131. The number of amides is 2. The average molecular weight is 273 g/mol. The zero-order valence-corrected chi connectivity index (χ0v) is 11.3. The molecule has 0 aromatic heterocycles. The standard InChI is InChI=1S/C15H19N3O2/c19-13-10-18(9-8-16-13)14(11-4-2-1-3-5-11)15(20)17-12-6-7-12/h1-5,12,14H,6-10H2,(H,16,19)(H,17,20)/t14-/m1/s1. The van der Waals surface area contributed by atoms with Gasteiger partial charge in [0, 0.05) is 19.1 Å². The smallest absolute Gasteiger partial charge is 0.242 e. The van der Waals surface area contributed by atoms with Crippen molar-refractivity contribution in [1.82, 2.24) is 15.5 Å². The number of nitrogens with zero attached hydrogens (tertiary/aromatic N) is 1. The molecule has 1 saturated carbocycles. The van der Waals surface area contributed by atoms with Crippen LogP contribution < -0.4 is 10.6 Å². The Kier molecular flexibility index (Phi) is 3.69. The summed E-state index contributed by atoms with van der Waals surface area (Å²) in [6.07, 6.45) is 2.13. The fourth-order valence-corrected chi connectivity index (χ4v) is 2.55. The highest BCUT2D eigenvalue weighted by molar-refractivity contribution is 5.85. The van der Waals surface area contributed by atoms with Crippen LogP contribution in [0.25, 0.3) is 0 Å². The average Bonchev–Trinajstić information content (AvgIpc) is 3.24. The van der Waals surface area contributed by atoms with E-state index in [1.807, 2.05) is 35.2 Å². The second-order valence-electron chi connectivity index (χ2n) is 5.42. The largest absolute Gasteiger partial charge is 0.354 e. The maximum atomic E-state index is 12.5. The van der Waals surface area contributed by atoms with Gasteiger partial charge >= 0.3 is 0 Å². The van der Waals surface area contributed by atoms with E-state index in [1.54, 1.807) is 0 Å². The first-order valence-corrected chi connectivity index (χ1v) is 7.10. The fourth-order valence-electron chi connectivity index (χ4n) is 2.55. The Morgan fingerprint density at radius 2 is 2.05 bits per heavy atom. The molecule has 1 aromatic rings. The van der Waals surface area contributed by atoms with Crippen molar-refractivity contribution < 1.29 is 9.59 Å². The zero-order valence-electron chi connectivity index (χ0n) is 11.3. The van der Waals surface area contributed by atoms with Gasteiger partial charge in [-0.05, 0) is 18.4 Å². The first-order chi connectivity index (χ1) is 9.74. The number of carbonyl (C=O) groups excluding carboxylic acids is 2. The molecule has 1 aliphatic carbocycles. The Labute approximate surface area is 118 Å². The van der Waals surface area contributed by atoms with E-state index in [0.717, 1.165) is 18.4 Å². The van der Waals surface area contributed by atoms with Gasteiger partial charge in [0.2, 0.25) is 11.8 Å². The van der Waals surface area contributed by atoms with E-state index < -0.39 is 0 Å². The quantitative estimate of drug-likeness (QED) is 0.837. The number of nitrogens with one attached hydrogen (secondary N) is 2. The van der Waals surface area contributed by atoms with Crippen molar-refractivity contribution in [3.05, 3.63) is 35.9 Å². The molecular weight excluding hydrogens is 254 g/mol. The van der Waals surface area contributed by atoms with Crippen LogP contribution in [0.2, 0.25) is 0 Å². The Morgan fingerprint density at radius 1 is 1.30 bits per heavy atom.